The van der Waals surface area contributed by atoms with E-state index in [-0.39, 0.29) is 12.2 Å². The summed E-state index contributed by atoms with van der Waals surface area (Å²) in [5.41, 5.74) is 0.808. The van der Waals surface area contributed by atoms with E-state index in [0.29, 0.717) is 11.1 Å². The van der Waals surface area contributed by atoms with Crippen LogP contribution in [0.1, 0.15) is 28.5 Å². The fourth-order valence-electron chi connectivity index (χ4n) is 1.70. The van der Waals surface area contributed by atoms with Gasteiger partial charge in [0, 0.05) is 12.0 Å². The van der Waals surface area contributed by atoms with Crippen molar-refractivity contribution in [1.82, 2.24) is 0 Å². The van der Waals surface area contributed by atoms with E-state index in [1.165, 1.54) is 24.3 Å². The average Bonchev–Trinajstić information content (AvgIpc) is 2.40. The first-order valence-electron chi connectivity index (χ1n) is 5.64. The van der Waals surface area contributed by atoms with Gasteiger partial charge in [-0.1, -0.05) is 30.3 Å². The molecule has 0 spiro atoms. The molecule has 2 aromatic carbocycles. The van der Waals surface area contributed by atoms with Crippen LogP contribution in [0.25, 0.3) is 0 Å². The molecule has 0 fully saturated rings. The summed E-state index contributed by atoms with van der Waals surface area (Å²) in [5, 5.41) is 0. The van der Waals surface area contributed by atoms with Gasteiger partial charge >= 0.3 is 0 Å². The van der Waals surface area contributed by atoms with Gasteiger partial charge in [-0.3, -0.25) is 4.79 Å². The lowest BCUT2D eigenvalue weighted by atomic mass is 10.0. The molecule has 0 heterocycles. The van der Waals surface area contributed by atoms with E-state index in [0.717, 1.165) is 0 Å². The molecule has 1 unspecified atom stereocenters. The van der Waals surface area contributed by atoms with E-state index in [1.807, 2.05) is 0 Å². The molecule has 0 radical (unpaired) electrons. The average molecular weight is 246 g/mol. The van der Waals surface area contributed by atoms with Crippen LogP contribution in [0.4, 0.5) is 8.78 Å². The lowest BCUT2D eigenvalue weighted by Gasteiger charge is -2.07. The number of halogens is 2. The summed E-state index contributed by atoms with van der Waals surface area (Å²) in [6.07, 6.45) is -1.56. The molecule has 0 aromatic heterocycles. The van der Waals surface area contributed by atoms with Crippen LogP contribution >= 0.6 is 0 Å². The third-order valence-corrected chi connectivity index (χ3v) is 2.69. The van der Waals surface area contributed by atoms with Crippen molar-refractivity contribution in [2.24, 2.45) is 0 Å². The summed E-state index contributed by atoms with van der Waals surface area (Å²) in [4.78, 5) is 11.8. The first-order valence-corrected chi connectivity index (χ1v) is 5.64. The summed E-state index contributed by atoms with van der Waals surface area (Å²) in [7, 11) is 0. The predicted octanol–water partition coefficient (Wildman–Crippen LogP) is 4.11. The van der Waals surface area contributed by atoms with Crippen LogP contribution in [0.2, 0.25) is 0 Å². The van der Waals surface area contributed by atoms with Crippen molar-refractivity contribution in [2.45, 2.75) is 12.6 Å². The number of carbonyl (C=O) groups excluding carboxylic acids is 1. The Labute approximate surface area is 104 Å². The topological polar surface area (TPSA) is 17.1 Å². The highest BCUT2D eigenvalue weighted by atomic mass is 19.1. The van der Waals surface area contributed by atoms with E-state index in [1.54, 1.807) is 30.3 Å². The smallest absolute Gasteiger partial charge is 0.166 e. The Morgan fingerprint density at radius 2 is 1.61 bits per heavy atom. The predicted molar refractivity (Wildman–Crippen MR) is 65.6 cm³/mol. The molecule has 0 saturated heterocycles. The fraction of sp³-hybridized carbons (Fsp3) is 0.133. The summed E-state index contributed by atoms with van der Waals surface area (Å²) < 4.78 is 26.5. The van der Waals surface area contributed by atoms with Crippen molar-refractivity contribution >= 4 is 5.78 Å². The second-order valence-corrected chi connectivity index (χ2v) is 4.01. The normalized spacial score (nSPS) is 12.1. The zero-order valence-electron chi connectivity index (χ0n) is 9.64. The monoisotopic (exact) mass is 246 g/mol. The first kappa shape index (κ1) is 12.4. The Morgan fingerprint density at radius 3 is 2.22 bits per heavy atom. The highest BCUT2D eigenvalue weighted by Gasteiger charge is 2.15. The van der Waals surface area contributed by atoms with Crippen LogP contribution in [0.5, 0.6) is 0 Å². The molecule has 3 heteroatoms. The lowest BCUT2D eigenvalue weighted by molar-refractivity contribution is 0.0947. The highest BCUT2D eigenvalue weighted by Crippen LogP contribution is 2.22. The number of hydrogen-bond donors (Lipinski definition) is 0. The van der Waals surface area contributed by atoms with Gasteiger partial charge in [-0.2, -0.15) is 0 Å². The van der Waals surface area contributed by atoms with Gasteiger partial charge < -0.3 is 0 Å². The molecule has 2 rings (SSSR count). The molecule has 0 aliphatic rings. The molecular weight excluding hydrogens is 234 g/mol. The maximum atomic E-state index is 13.9. The van der Waals surface area contributed by atoms with Gasteiger partial charge in [-0.25, -0.2) is 8.78 Å². The van der Waals surface area contributed by atoms with E-state index in [9.17, 15) is 13.6 Å². The van der Waals surface area contributed by atoms with Crippen LogP contribution in [0.15, 0.2) is 54.6 Å². The summed E-state index contributed by atoms with van der Waals surface area (Å²) >= 11 is 0. The molecule has 1 nitrogen and oxygen atoms in total. The SMILES string of the molecule is O=C(CC(F)c1ccccc1)c1ccc(F)cc1. The van der Waals surface area contributed by atoms with Crippen molar-refractivity contribution in [3.05, 3.63) is 71.5 Å². The van der Waals surface area contributed by atoms with Crippen molar-refractivity contribution in [3.8, 4) is 0 Å². The lowest BCUT2D eigenvalue weighted by Crippen LogP contribution is -2.04. The molecule has 18 heavy (non-hydrogen) atoms. The number of benzene rings is 2. The standard InChI is InChI=1S/C15H12F2O/c16-13-8-6-12(7-9-13)15(18)10-14(17)11-4-2-1-3-5-11/h1-9,14H,10H2. The molecule has 0 aliphatic carbocycles. The van der Waals surface area contributed by atoms with Gasteiger partial charge in [0.1, 0.15) is 12.0 Å². The van der Waals surface area contributed by atoms with Crippen LogP contribution < -0.4 is 0 Å². The maximum absolute atomic E-state index is 13.9. The van der Waals surface area contributed by atoms with Gasteiger partial charge in [-0.05, 0) is 29.8 Å². The summed E-state index contributed by atoms with van der Waals surface area (Å²) in [6.45, 7) is 0. The number of ketones is 1. The second kappa shape index (κ2) is 5.54. The molecule has 1 atom stereocenters. The molecule has 2 aromatic rings. The minimum absolute atomic E-state index is 0.227. The third-order valence-electron chi connectivity index (χ3n) is 2.69. The molecule has 0 N–H and O–H groups in total. The Bertz CT molecular complexity index is 520. The highest BCUT2D eigenvalue weighted by molar-refractivity contribution is 5.96. The minimum Gasteiger partial charge on any atom is -0.294 e. The largest absolute Gasteiger partial charge is 0.294 e. The third kappa shape index (κ3) is 3.00. The van der Waals surface area contributed by atoms with Crippen molar-refractivity contribution in [2.75, 3.05) is 0 Å². The maximum Gasteiger partial charge on any atom is 0.166 e. The molecule has 0 aliphatic heterocycles. The van der Waals surface area contributed by atoms with Gasteiger partial charge in [0.25, 0.3) is 0 Å². The Balaban J connectivity index is 2.06. The van der Waals surface area contributed by atoms with Crippen molar-refractivity contribution < 1.29 is 13.6 Å². The van der Waals surface area contributed by atoms with Crippen LogP contribution in [0, 0.1) is 5.82 Å². The van der Waals surface area contributed by atoms with E-state index < -0.39 is 12.0 Å². The molecular formula is C15H12F2O. The van der Waals surface area contributed by atoms with Crippen molar-refractivity contribution in [3.63, 3.8) is 0 Å². The number of alkyl halides is 1. The van der Waals surface area contributed by atoms with Crippen molar-refractivity contribution in [1.29, 1.82) is 0 Å². The molecule has 92 valence electrons. The number of carbonyl (C=O) groups is 1. The van der Waals surface area contributed by atoms with Gasteiger partial charge in [0.15, 0.2) is 5.78 Å². The summed E-state index contributed by atoms with van der Waals surface area (Å²) in [5.74, 6) is -0.738. The van der Waals surface area contributed by atoms with E-state index in [4.69, 9.17) is 0 Å². The number of rotatable bonds is 4. The number of hydrogen-bond acceptors (Lipinski definition) is 1. The van der Waals surface area contributed by atoms with Crippen LogP contribution in [-0.2, 0) is 0 Å². The summed E-state index contributed by atoms with van der Waals surface area (Å²) in [6, 6.07) is 13.7. The second-order valence-electron chi connectivity index (χ2n) is 4.01. The Morgan fingerprint density at radius 1 is 1.00 bits per heavy atom. The Hall–Kier alpha value is -2.03. The minimum atomic E-state index is -1.33. The molecule has 0 bridgehead atoms. The van der Waals surface area contributed by atoms with Gasteiger partial charge in [0.2, 0.25) is 0 Å². The fourth-order valence-corrected chi connectivity index (χ4v) is 1.70. The quantitative estimate of drug-likeness (QED) is 0.742. The Kier molecular flexibility index (Phi) is 3.82. The van der Waals surface area contributed by atoms with Crippen LogP contribution in [0.3, 0.4) is 0 Å². The molecule has 0 saturated carbocycles. The van der Waals surface area contributed by atoms with Gasteiger partial charge in [-0.15, -0.1) is 0 Å². The zero-order valence-corrected chi connectivity index (χ0v) is 9.64. The van der Waals surface area contributed by atoms with E-state index >= 15 is 0 Å². The first-order chi connectivity index (χ1) is 8.66. The molecule has 0 amide bonds. The van der Waals surface area contributed by atoms with Crippen LogP contribution in [-0.4, -0.2) is 5.78 Å². The number of Topliss-reactive ketones (excluding diaryl/α,β-unsaturated/α-hetero) is 1. The zero-order chi connectivity index (χ0) is 13.0. The van der Waals surface area contributed by atoms with Gasteiger partial charge in [0.05, 0.1) is 0 Å². The van der Waals surface area contributed by atoms with E-state index in [2.05, 4.69) is 0 Å².